The molecule has 0 unspecified atom stereocenters. The first kappa shape index (κ1) is 25.7. The molecule has 0 bridgehead atoms. The van der Waals surface area contributed by atoms with Gasteiger partial charge >= 0.3 is 0 Å². The van der Waals surface area contributed by atoms with Gasteiger partial charge in [0.15, 0.2) is 17.1 Å². The lowest BCUT2D eigenvalue weighted by atomic mass is 10.1. The Hall–Kier alpha value is -4.97. The molecule has 0 aliphatic heterocycles. The highest BCUT2D eigenvalue weighted by molar-refractivity contribution is 6.01. The zero-order chi connectivity index (χ0) is 27.7. The molecule has 200 valence electrons. The minimum Gasteiger partial charge on any atom is -0.493 e. The number of nitrogens with one attached hydrogen (secondary N) is 1. The van der Waals surface area contributed by atoms with Crippen molar-refractivity contribution in [1.82, 2.24) is 19.3 Å². The number of amides is 1. The number of methoxy groups -OCH3 is 4. The molecule has 3 aromatic heterocycles. The minimum absolute atomic E-state index is 0.180. The number of aromatic nitrogens is 4. The molecule has 0 aliphatic rings. The third-order valence-corrected chi connectivity index (χ3v) is 6.15. The number of benzene rings is 2. The summed E-state index contributed by atoms with van der Waals surface area (Å²) in [4.78, 5) is 30.9. The Labute approximate surface area is 221 Å². The second-order valence-corrected chi connectivity index (χ2v) is 8.40. The van der Waals surface area contributed by atoms with Gasteiger partial charge in [0.1, 0.15) is 5.82 Å². The maximum Gasteiger partial charge on any atom is 0.280 e. The molecule has 39 heavy (non-hydrogen) atoms. The zero-order valence-corrected chi connectivity index (χ0v) is 21.5. The largest absolute Gasteiger partial charge is 0.493 e. The first-order chi connectivity index (χ1) is 18.9. The summed E-state index contributed by atoms with van der Waals surface area (Å²) >= 11 is 0. The molecule has 0 fully saturated rings. The molecule has 5 rings (SSSR count). The molecule has 3 heterocycles. The van der Waals surface area contributed by atoms with Gasteiger partial charge in [0.05, 0.1) is 50.1 Å². The van der Waals surface area contributed by atoms with Crippen molar-refractivity contribution >= 4 is 22.5 Å². The smallest absolute Gasteiger partial charge is 0.280 e. The van der Waals surface area contributed by atoms with Crippen molar-refractivity contribution in [3.63, 3.8) is 0 Å². The van der Waals surface area contributed by atoms with Gasteiger partial charge in [-0.2, -0.15) is 5.10 Å². The third kappa shape index (κ3) is 4.50. The summed E-state index contributed by atoms with van der Waals surface area (Å²) in [5, 5.41) is 4.84. The van der Waals surface area contributed by atoms with E-state index < -0.39 is 11.5 Å². The van der Waals surface area contributed by atoms with Crippen LogP contribution in [0.5, 0.6) is 17.2 Å². The molecule has 0 atom stereocenters. The van der Waals surface area contributed by atoms with Gasteiger partial charge in [-0.1, -0.05) is 12.1 Å². The molecule has 1 N–H and O–H groups in total. The maximum absolute atomic E-state index is 13.5. The van der Waals surface area contributed by atoms with E-state index in [0.29, 0.717) is 45.2 Å². The molecule has 5 aromatic rings. The van der Waals surface area contributed by atoms with Crippen molar-refractivity contribution in [3.05, 3.63) is 82.3 Å². The highest BCUT2D eigenvalue weighted by Crippen LogP contribution is 2.38. The lowest BCUT2D eigenvalue weighted by molar-refractivity contribution is 0.101. The van der Waals surface area contributed by atoms with E-state index >= 15 is 0 Å². The van der Waals surface area contributed by atoms with Crippen LogP contribution in [0.1, 0.15) is 16.1 Å². The van der Waals surface area contributed by atoms with Gasteiger partial charge in [0, 0.05) is 25.1 Å². The Bertz CT molecular complexity index is 1740. The van der Waals surface area contributed by atoms with Gasteiger partial charge in [-0.3, -0.25) is 15.0 Å². The van der Waals surface area contributed by atoms with Crippen LogP contribution in [0.15, 0.2) is 59.7 Å². The van der Waals surface area contributed by atoms with Crippen molar-refractivity contribution < 1.29 is 28.1 Å². The van der Waals surface area contributed by atoms with Crippen LogP contribution in [-0.4, -0.2) is 53.6 Å². The molecule has 0 spiro atoms. The monoisotopic (exact) mass is 533 g/mol. The van der Waals surface area contributed by atoms with Gasteiger partial charge in [-0.15, -0.1) is 0 Å². The highest BCUT2D eigenvalue weighted by atomic mass is 19.1. The second-order valence-electron chi connectivity index (χ2n) is 8.40. The van der Waals surface area contributed by atoms with E-state index in [2.05, 4.69) is 15.5 Å². The fraction of sp³-hybridized carbons (Fsp3) is 0.185. The predicted molar refractivity (Wildman–Crippen MR) is 141 cm³/mol. The second kappa shape index (κ2) is 10.4. The van der Waals surface area contributed by atoms with Crippen molar-refractivity contribution in [2.24, 2.45) is 0 Å². The van der Waals surface area contributed by atoms with Crippen molar-refractivity contribution in [1.29, 1.82) is 0 Å². The summed E-state index contributed by atoms with van der Waals surface area (Å²) in [7, 11) is 5.88. The fourth-order valence-electron chi connectivity index (χ4n) is 4.34. The van der Waals surface area contributed by atoms with E-state index in [-0.39, 0.29) is 23.4 Å². The number of fused-ring (bicyclic) bond motifs is 3. The highest BCUT2D eigenvalue weighted by Gasteiger charge is 2.20. The van der Waals surface area contributed by atoms with E-state index in [9.17, 15) is 14.0 Å². The van der Waals surface area contributed by atoms with Crippen LogP contribution in [0.25, 0.3) is 27.7 Å². The summed E-state index contributed by atoms with van der Waals surface area (Å²) in [5.74, 6) is -0.0219. The number of nitrogens with zero attached hydrogens (tertiary/aromatic N) is 4. The molecule has 0 saturated carbocycles. The topological polar surface area (TPSA) is 118 Å². The Kier molecular flexibility index (Phi) is 6.86. The summed E-state index contributed by atoms with van der Waals surface area (Å²) < 4.78 is 37.4. The average Bonchev–Trinajstić information content (AvgIpc) is 3.32. The van der Waals surface area contributed by atoms with Crippen LogP contribution in [-0.2, 0) is 11.3 Å². The van der Waals surface area contributed by atoms with Crippen molar-refractivity contribution in [2.45, 2.75) is 6.61 Å². The average molecular weight is 534 g/mol. The van der Waals surface area contributed by atoms with Crippen LogP contribution in [0.2, 0.25) is 0 Å². The Morgan fingerprint density at radius 2 is 1.69 bits per heavy atom. The number of ether oxygens (including phenoxy) is 4. The Balaban J connectivity index is 1.57. The maximum atomic E-state index is 13.5. The van der Waals surface area contributed by atoms with E-state index in [0.717, 1.165) is 4.68 Å². The normalized spacial score (nSPS) is 11.1. The Morgan fingerprint density at radius 1 is 1.00 bits per heavy atom. The molecule has 0 aliphatic carbocycles. The Morgan fingerprint density at radius 3 is 2.31 bits per heavy atom. The van der Waals surface area contributed by atoms with Crippen LogP contribution in [0.3, 0.4) is 0 Å². The van der Waals surface area contributed by atoms with Crippen LogP contribution in [0.4, 0.5) is 4.39 Å². The van der Waals surface area contributed by atoms with Crippen LogP contribution >= 0.6 is 0 Å². The van der Waals surface area contributed by atoms with Gasteiger partial charge in [-0.05, 0) is 35.9 Å². The van der Waals surface area contributed by atoms with Crippen LogP contribution in [0, 0.1) is 5.82 Å². The number of carbonyl (C=O) groups is 1. The first-order valence-electron chi connectivity index (χ1n) is 11.7. The summed E-state index contributed by atoms with van der Waals surface area (Å²) in [6, 6.07) is 10.6. The standard InChI is InChI=1S/C27H24FN5O6/c1-36-14-19-23(15-5-7-17(28)8-6-15)25-29-13-18-20(33(25)30-19)9-10-32(27(18)35)31-26(34)16-11-21(37-2)24(39-4)22(12-16)38-3/h5-13H,14H2,1-4H3,(H,31,34). The number of halogens is 1. The van der Waals surface area contributed by atoms with Gasteiger partial charge in [-0.25, -0.2) is 18.6 Å². The first-order valence-corrected chi connectivity index (χ1v) is 11.7. The number of pyridine rings is 1. The number of rotatable bonds is 8. The molecule has 11 nitrogen and oxygen atoms in total. The molecule has 1 amide bonds. The fourth-order valence-corrected chi connectivity index (χ4v) is 4.34. The number of carbonyl (C=O) groups excluding carboxylic acids is 1. The van der Waals surface area contributed by atoms with E-state index in [1.807, 2.05) is 0 Å². The molecule has 0 radical (unpaired) electrons. The third-order valence-electron chi connectivity index (χ3n) is 6.15. The van der Waals surface area contributed by atoms with Gasteiger partial charge in [0.2, 0.25) is 5.75 Å². The van der Waals surface area contributed by atoms with E-state index in [1.54, 1.807) is 25.3 Å². The lowest BCUT2D eigenvalue weighted by Gasteiger charge is -2.14. The van der Waals surface area contributed by atoms with Gasteiger partial charge < -0.3 is 18.9 Å². The summed E-state index contributed by atoms with van der Waals surface area (Å²) in [5.41, 5.74) is 5.12. The number of hydrogen-bond acceptors (Lipinski definition) is 8. The molecular weight excluding hydrogens is 509 g/mol. The zero-order valence-electron chi connectivity index (χ0n) is 21.5. The predicted octanol–water partition coefficient (Wildman–Crippen LogP) is 3.41. The lowest BCUT2D eigenvalue weighted by Crippen LogP contribution is -2.33. The van der Waals surface area contributed by atoms with Crippen molar-refractivity contribution in [2.75, 3.05) is 33.9 Å². The number of hydrogen-bond donors (Lipinski definition) is 1. The van der Waals surface area contributed by atoms with E-state index in [1.165, 1.54) is 62.5 Å². The molecule has 12 heteroatoms. The van der Waals surface area contributed by atoms with Gasteiger partial charge in [0.25, 0.3) is 11.5 Å². The summed E-state index contributed by atoms with van der Waals surface area (Å²) in [6.07, 6.45) is 2.84. The molecule has 0 saturated heterocycles. The SMILES string of the molecule is COCc1nn2c(ncc3c(=O)n(NC(=O)c4cc(OC)c(OC)c(OC)c4)ccc32)c1-c1ccc(F)cc1. The quantitative estimate of drug-likeness (QED) is 0.323. The minimum atomic E-state index is -0.579. The summed E-state index contributed by atoms with van der Waals surface area (Å²) in [6.45, 7) is 0.180. The molecule has 2 aromatic carbocycles. The van der Waals surface area contributed by atoms with E-state index in [4.69, 9.17) is 18.9 Å². The van der Waals surface area contributed by atoms with Crippen molar-refractivity contribution in [3.8, 4) is 28.4 Å². The molecular formula is C27H24FN5O6. The van der Waals surface area contributed by atoms with Crippen LogP contribution < -0.4 is 25.2 Å².